The van der Waals surface area contributed by atoms with Crippen LogP contribution in [0.3, 0.4) is 0 Å². The van der Waals surface area contributed by atoms with E-state index in [1.165, 1.54) is 11.0 Å². The minimum Gasteiger partial charge on any atom is -0.493 e. The summed E-state index contributed by atoms with van der Waals surface area (Å²) in [5, 5.41) is 15.5. The number of rotatable bonds is 7. The van der Waals surface area contributed by atoms with Gasteiger partial charge < -0.3 is 24.4 Å². The number of benzene rings is 2. The van der Waals surface area contributed by atoms with Crippen LogP contribution >= 0.6 is 0 Å². The Morgan fingerprint density at radius 1 is 1.04 bits per heavy atom. The van der Waals surface area contributed by atoms with Crippen molar-refractivity contribution in [2.75, 3.05) is 32.7 Å². The Kier molecular flexibility index (Phi) is 9.36. The summed E-state index contributed by atoms with van der Waals surface area (Å²) in [6.45, 7) is 8.33. The van der Waals surface area contributed by atoms with Crippen LogP contribution in [0.25, 0.3) is 22.2 Å². The van der Waals surface area contributed by atoms with E-state index in [0.717, 1.165) is 37.0 Å². The molecular weight excluding hydrogens is 604 g/mol. The average molecular weight is 648 g/mol. The molecule has 2 fully saturated rings. The van der Waals surface area contributed by atoms with Gasteiger partial charge in [0.15, 0.2) is 0 Å². The highest BCUT2D eigenvalue weighted by atomic mass is 19.1. The second-order valence-electron chi connectivity index (χ2n) is 13.7. The molecule has 2 atom stereocenters. The molecule has 0 radical (unpaired) electrons. The number of alkyl halides is 1. The summed E-state index contributed by atoms with van der Waals surface area (Å²) in [7, 11) is 1.83. The molecule has 4 heterocycles. The zero-order valence-corrected chi connectivity index (χ0v) is 27.5. The lowest BCUT2D eigenvalue weighted by Crippen LogP contribution is -2.50. The number of fused-ring (bicyclic) bond motifs is 1. The van der Waals surface area contributed by atoms with Gasteiger partial charge in [0.1, 0.15) is 29.9 Å². The third kappa shape index (κ3) is 7.51. The number of piperidine rings is 2. The summed E-state index contributed by atoms with van der Waals surface area (Å²) in [6, 6.07) is 16.2. The number of carbonyl (C=O) groups is 1. The van der Waals surface area contributed by atoms with Crippen LogP contribution in [-0.2, 0) is 18.4 Å². The van der Waals surface area contributed by atoms with Crippen LogP contribution in [0.15, 0.2) is 54.6 Å². The van der Waals surface area contributed by atoms with E-state index < -0.39 is 17.9 Å². The van der Waals surface area contributed by atoms with E-state index in [0.29, 0.717) is 41.7 Å². The minimum atomic E-state index is -1.11. The van der Waals surface area contributed by atoms with E-state index in [-0.39, 0.29) is 42.6 Å². The van der Waals surface area contributed by atoms with Crippen LogP contribution in [0.1, 0.15) is 57.1 Å². The lowest BCUT2D eigenvalue weighted by molar-refractivity contribution is 0.000703. The highest BCUT2D eigenvalue weighted by molar-refractivity contribution is 5.95. The number of aromatic hydroxyl groups is 1. The molecule has 0 unspecified atom stereocenters. The van der Waals surface area contributed by atoms with Gasteiger partial charge in [-0.1, -0.05) is 30.3 Å². The Morgan fingerprint density at radius 3 is 2.49 bits per heavy atom. The maximum atomic E-state index is 15.8. The number of likely N-dealkylation sites (tertiary alicyclic amines) is 2. The lowest BCUT2D eigenvalue weighted by Gasteiger charge is -2.39. The fourth-order valence-corrected chi connectivity index (χ4v) is 6.66. The van der Waals surface area contributed by atoms with Crippen LogP contribution in [0.4, 0.5) is 13.6 Å². The van der Waals surface area contributed by atoms with Gasteiger partial charge in [-0.2, -0.15) is 10.1 Å². The van der Waals surface area contributed by atoms with E-state index in [1.807, 2.05) is 43.4 Å². The molecule has 0 aliphatic carbocycles. The van der Waals surface area contributed by atoms with Crippen LogP contribution in [0.2, 0.25) is 0 Å². The molecule has 1 N–H and O–H groups in total. The van der Waals surface area contributed by atoms with Crippen molar-refractivity contribution in [3.63, 3.8) is 0 Å². The minimum absolute atomic E-state index is 0.0318. The standard InChI is InChI=1S/C36H43F2N5O4/c1-36(2,3)47-35(45)43-17-14-25(30(38)21-43)20-42-15-12-24(13-16-42)27-19-31-28(18-29(27)37)33(40-41(31)4)26-10-11-32(44)39-34(26)46-22-23-8-6-5-7-9-23/h5-11,18-19,24-25,30H,12-17,20-22H2,1-4H3,(H,39,44)/t25-,30-/m1/s1. The fourth-order valence-electron chi connectivity index (χ4n) is 6.66. The second kappa shape index (κ2) is 13.5. The number of halogens is 2. The smallest absolute Gasteiger partial charge is 0.410 e. The number of hydrogen-bond acceptors (Lipinski definition) is 7. The topological polar surface area (TPSA) is 93.0 Å². The number of ether oxygens (including phenoxy) is 2. The largest absolute Gasteiger partial charge is 0.493 e. The lowest BCUT2D eigenvalue weighted by atomic mass is 9.87. The van der Waals surface area contributed by atoms with Crippen LogP contribution in [0, 0.1) is 11.7 Å². The Bertz CT molecular complexity index is 1720. The number of aryl methyl sites for hydroxylation is 1. The maximum Gasteiger partial charge on any atom is 0.410 e. The molecule has 0 spiro atoms. The molecule has 2 saturated heterocycles. The van der Waals surface area contributed by atoms with Crippen molar-refractivity contribution in [3.8, 4) is 23.0 Å². The Labute approximate surface area is 274 Å². The molecule has 250 valence electrons. The van der Waals surface area contributed by atoms with Crippen LogP contribution < -0.4 is 4.74 Å². The average Bonchev–Trinajstić information content (AvgIpc) is 3.35. The van der Waals surface area contributed by atoms with Gasteiger partial charge in [0.05, 0.1) is 17.6 Å². The predicted molar refractivity (Wildman–Crippen MR) is 176 cm³/mol. The van der Waals surface area contributed by atoms with Crippen molar-refractivity contribution in [1.82, 2.24) is 24.6 Å². The number of carbonyl (C=O) groups excluding carboxylic acids is 1. The van der Waals surface area contributed by atoms with Crippen molar-refractivity contribution in [2.45, 2.75) is 64.3 Å². The van der Waals surface area contributed by atoms with Crippen molar-refractivity contribution < 1.29 is 28.2 Å². The predicted octanol–water partition coefficient (Wildman–Crippen LogP) is 6.83. The molecule has 11 heteroatoms. The molecule has 47 heavy (non-hydrogen) atoms. The highest BCUT2D eigenvalue weighted by Gasteiger charge is 2.35. The normalized spacial score (nSPS) is 19.7. The molecule has 1 amide bonds. The molecule has 2 aliphatic heterocycles. The number of hydrogen-bond donors (Lipinski definition) is 1. The first-order valence-corrected chi connectivity index (χ1v) is 16.3. The second-order valence-corrected chi connectivity index (χ2v) is 13.7. The molecule has 2 aliphatic rings. The quantitative estimate of drug-likeness (QED) is 0.235. The van der Waals surface area contributed by atoms with E-state index >= 15 is 8.78 Å². The van der Waals surface area contributed by atoms with Crippen LogP contribution in [-0.4, -0.2) is 80.3 Å². The SMILES string of the molecule is Cn1nc(-c2ccc(O)nc2OCc2ccccc2)c2cc(F)c(C3CCN(C[C@H]4CCN(C(=O)OC(C)(C)C)C[C@H]4F)CC3)cc21. The maximum absolute atomic E-state index is 15.8. The van der Waals surface area contributed by atoms with Gasteiger partial charge in [-0.25, -0.2) is 13.6 Å². The molecule has 0 bridgehead atoms. The van der Waals surface area contributed by atoms with Crippen LogP contribution in [0.5, 0.6) is 11.8 Å². The van der Waals surface area contributed by atoms with Crippen molar-refractivity contribution in [3.05, 3.63) is 71.5 Å². The Hall–Kier alpha value is -4.25. The Balaban J connectivity index is 1.12. The van der Waals surface area contributed by atoms with Gasteiger partial charge in [0.2, 0.25) is 11.8 Å². The van der Waals surface area contributed by atoms with E-state index in [4.69, 9.17) is 14.6 Å². The van der Waals surface area contributed by atoms with Gasteiger partial charge in [-0.3, -0.25) is 4.68 Å². The summed E-state index contributed by atoms with van der Waals surface area (Å²) in [6.07, 6.45) is 0.543. The van der Waals surface area contributed by atoms with E-state index in [1.54, 1.807) is 37.6 Å². The van der Waals surface area contributed by atoms with Gasteiger partial charge in [0, 0.05) is 37.5 Å². The zero-order valence-electron chi connectivity index (χ0n) is 27.5. The summed E-state index contributed by atoms with van der Waals surface area (Å²) in [5.74, 6) is -0.365. The fraction of sp³-hybridized carbons (Fsp3) is 0.472. The third-order valence-electron chi connectivity index (χ3n) is 9.14. The number of pyridine rings is 1. The molecule has 0 saturated carbocycles. The van der Waals surface area contributed by atoms with Crippen molar-refractivity contribution in [1.29, 1.82) is 0 Å². The molecular formula is C36H43F2N5O4. The first kappa shape index (κ1) is 32.7. The molecule has 9 nitrogen and oxygen atoms in total. The summed E-state index contributed by atoms with van der Waals surface area (Å²) in [4.78, 5) is 20.4. The molecule has 2 aromatic carbocycles. The third-order valence-corrected chi connectivity index (χ3v) is 9.14. The first-order chi connectivity index (χ1) is 22.4. The van der Waals surface area contributed by atoms with Gasteiger partial charge >= 0.3 is 6.09 Å². The van der Waals surface area contributed by atoms with Gasteiger partial charge in [-0.05, 0) is 88.4 Å². The van der Waals surface area contributed by atoms with Crippen molar-refractivity contribution >= 4 is 17.0 Å². The monoisotopic (exact) mass is 647 g/mol. The summed E-state index contributed by atoms with van der Waals surface area (Å²) >= 11 is 0. The first-order valence-electron chi connectivity index (χ1n) is 16.3. The molecule has 2 aromatic heterocycles. The number of aromatic nitrogens is 3. The number of nitrogens with zero attached hydrogens (tertiary/aromatic N) is 5. The molecule has 6 rings (SSSR count). The van der Waals surface area contributed by atoms with E-state index in [2.05, 4.69) is 9.88 Å². The zero-order chi connectivity index (χ0) is 33.3. The van der Waals surface area contributed by atoms with Gasteiger partial charge in [-0.15, -0.1) is 0 Å². The number of amides is 1. The van der Waals surface area contributed by atoms with Gasteiger partial charge in [0.25, 0.3) is 0 Å². The van der Waals surface area contributed by atoms with Crippen molar-refractivity contribution in [2.24, 2.45) is 13.0 Å². The van der Waals surface area contributed by atoms with E-state index in [9.17, 15) is 9.90 Å². The summed E-state index contributed by atoms with van der Waals surface area (Å²) < 4.78 is 44.2. The highest BCUT2D eigenvalue weighted by Crippen LogP contribution is 2.38. The molecule has 4 aromatic rings. The summed E-state index contributed by atoms with van der Waals surface area (Å²) in [5.41, 5.74) is 2.87. The Morgan fingerprint density at radius 2 is 1.79 bits per heavy atom.